The van der Waals surface area contributed by atoms with Gasteiger partial charge in [-0.2, -0.15) is 5.10 Å². The number of nitrogens with zero attached hydrogens (tertiary/aromatic N) is 1. The lowest BCUT2D eigenvalue weighted by molar-refractivity contribution is -0.131. The molecule has 4 rings (SSSR count). The van der Waals surface area contributed by atoms with E-state index in [9.17, 15) is 4.79 Å². The molecule has 0 aliphatic rings. The number of hydrogen-bond donors (Lipinski definition) is 1. The topological polar surface area (TPSA) is 59.9 Å². The summed E-state index contributed by atoms with van der Waals surface area (Å²) in [5.41, 5.74) is 5.29. The monoisotopic (exact) mass is 424 g/mol. The Kier molecular flexibility index (Phi) is 6.90. The van der Waals surface area contributed by atoms with Gasteiger partial charge in [-0.15, -0.1) is 0 Å². The number of amides is 1. The highest BCUT2D eigenvalue weighted by molar-refractivity contribution is 5.86. The van der Waals surface area contributed by atoms with Crippen LogP contribution in [0.2, 0.25) is 0 Å². The second kappa shape index (κ2) is 10.4. The molecule has 1 atom stereocenters. The first-order valence-electron chi connectivity index (χ1n) is 10.3. The van der Waals surface area contributed by atoms with Crippen molar-refractivity contribution in [3.63, 3.8) is 0 Å². The third-order valence-corrected chi connectivity index (χ3v) is 5.12. The maximum Gasteiger partial charge on any atom is 0.273 e. The van der Waals surface area contributed by atoms with Crippen LogP contribution in [-0.4, -0.2) is 19.2 Å². The Balaban J connectivity index is 1.33. The van der Waals surface area contributed by atoms with Crippen molar-refractivity contribution in [1.82, 2.24) is 5.43 Å². The van der Waals surface area contributed by atoms with Gasteiger partial charge >= 0.3 is 0 Å². The number of carbonyl (C=O) groups excluding carboxylic acids is 1. The van der Waals surface area contributed by atoms with Crippen LogP contribution in [0.15, 0.2) is 102 Å². The molecule has 0 fully saturated rings. The van der Waals surface area contributed by atoms with Crippen LogP contribution in [0.5, 0.6) is 5.75 Å². The zero-order chi connectivity index (χ0) is 22.2. The number of hydrogen-bond acceptors (Lipinski definition) is 4. The fourth-order valence-electron chi connectivity index (χ4n) is 3.48. The third kappa shape index (κ3) is 5.20. The molecular formula is C27H24N2O3. The maximum absolute atomic E-state index is 12.4. The maximum atomic E-state index is 12.4. The van der Waals surface area contributed by atoms with E-state index in [1.807, 2.05) is 72.8 Å². The summed E-state index contributed by atoms with van der Waals surface area (Å²) >= 11 is 0. The lowest BCUT2D eigenvalue weighted by Crippen LogP contribution is -2.26. The van der Waals surface area contributed by atoms with Crippen LogP contribution in [0.1, 0.15) is 22.8 Å². The van der Waals surface area contributed by atoms with Gasteiger partial charge in [-0.25, -0.2) is 5.43 Å². The van der Waals surface area contributed by atoms with Crippen LogP contribution >= 0.6 is 0 Å². The van der Waals surface area contributed by atoms with Gasteiger partial charge in [0.15, 0.2) is 6.10 Å². The van der Waals surface area contributed by atoms with Crippen molar-refractivity contribution in [1.29, 1.82) is 0 Å². The largest absolute Gasteiger partial charge is 0.489 e. The summed E-state index contributed by atoms with van der Waals surface area (Å²) in [7, 11) is 1.50. The van der Waals surface area contributed by atoms with Crippen LogP contribution in [0.3, 0.4) is 0 Å². The van der Waals surface area contributed by atoms with E-state index < -0.39 is 6.10 Å². The number of carbonyl (C=O) groups is 1. The van der Waals surface area contributed by atoms with Crippen molar-refractivity contribution in [3.8, 4) is 5.75 Å². The van der Waals surface area contributed by atoms with E-state index in [2.05, 4.69) is 34.8 Å². The van der Waals surface area contributed by atoms with Gasteiger partial charge in [-0.3, -0.25) is 4.79 Å². The second-order valence-electron chi connectivity index (χ2n) is 7.26. The molecule has 1 amide bonds. The van der Waals surface area contributed by atoms with Crippen molar-refractivity contribution in [2.45, 2.75) is 12.7 Å². The number of benzene rings is 4. The number of nitrogens with one attached hydrogen (secondary N) is 1. The lowest BCUT2D eigenvalue weighted by Gasteiger charge is -2.13. The molecule has 4 aromatic carbocycles. The Bertz CT molecular complexity index is 1200. The van der Waals surface area contributed by atoms with E-state index in [-0.39, 0.29) is 5.91 Å². The quantitative estimate of drug-likeness (QED) is 0.310. The van der Waals surface area contributed by atoms with Crippen molar-refractivity contribution >= 4 is 22.9 Å². The highest BCUT2D eigenvalue weighted by atomic mass is 16.5. The molecule has 1 N–H and O–H groups in total. The molecule has 0 saturated heterocycles. The molecule has 0 saturated carbocycles. The molecule has 5 nitrogen and oxygen atoms in total. The van der Waals surface area contributed by atoms with Crippen molar-refractivity contribution < 1.29 is 14.3 Å². The standard InChI is InChI=1S/C27H24N2O3/c1-31-26(22-9-3-2-4-10-22)27(30)29-28-18-20-14-16-24(17-15-20)32-19-23-12-7-11-21-8-5-6-13-25(21)23/h2-18,26H,19H2,1H3,(H,29,30)/b28-18-/t26-/m1/s1. The molecule has 0 radical (unpaired) electrons. The first-order valence-corrected chi connectivity index (χ1v) is 10.3. The third-order valence-electron chi connectivity index (χ3n) is 5.12. The highest BCUT2D eigenvalue weighted by Gasteiger charge is 2.19. The summed E-state index contributed by atoms with van der Waals surface area (Å²) in [4.78, 5) is 12.4. The molecule has 0 aliphatic heterocycles. The SMILES string of the molecule is CO[C@@H](C(=O)N/N=C\c1ccc(OCc2cccc3ccccc23)cc1)c1ccccc1. The Labute approximate surface area is 187 Å². The molecule has 0 aliphatic carbocycles. The van der Waals surface area contributed by atoms with E-state index in [1.54, 1.807) is 6.21 Å². The average Bonchev–Trinajstić information content (AvgIpc) is 2.85. The minimum absolute atomic E-state index is 0.329. The molecule has 5 heteroatoms. The fraction of sp³-hybridized carbons (Fsp3) is 0.111. The predicted octanol–water partition coefficient (Wildman–Crippen LogP) is 5.26. The van der Waals surface area contributed by atoms with Gasteiger partial charge < -0.3 is 9.47 Å². The zero-order valence-electron chi connectivity index (χ0n) is 17.8. The average molecular weight is 425 g/mol. The summed E-state index contributed by atoms with van der Waals surface area (Å²) < 4.78 is 11.3. The van der Waals surface area contributed by atoms with Crippen molar-refractivity contribution in [2.24, 2.45) is 5.10 Å². The van der Waals surface area contributed by atoms with Gasteiger partial charge in [0.1, 0.15) is 12.4 Å². The van der Waals surface area contributed by atoms with Crippen LogP contribution in [0.25, 0.3) is 10.8 Å². The normalized spacial score (nSPS) is 12.0. The van der Waals surface area contributed by atoms with E-state index in [1.165, 1.54) is 17.9 Å². The first-order chi connectivity index (χ1) is 15.7. The van der Waals surface area contributed by atoms with Crippen LogP contribution in [0.4, 0.5) is 0 Å². The molecule has 0 spiro atoms. The lowest BCUT2D eigenvalue weighted by atomic mass is 10.1. The molecule has 0 heterocycles. The van der Waals surface area contributed by atoms with Crippen LogP contribution in [0, 0.1) is 0 Å². The molecule has 0 unspecified atom stereocenters. The van der Waals surface area contributed by atoms with Gasteiger partial charge in [0.05, 0.1) is 6.21 Å². The Morgan fingerprint density at radius 1 is 0.906 bits per heavy atom. The van der Waals surface area contributed by atoms with Crippen LogP contribution in [-0.2, 0) is 16.1 Å². The minimum atomic E-state index is -0.710. The Morgan fingerprint density at radius 3 is 2.41 bits per heavy atom. The number of fused-ring (bicyclic) bond motifs is 1. The number of rotatable bonds is 8. The number of hydrazone groups is 1. The first kappa shape index (κ1) is 21.3. The smallest absolute Gasteiger partial charge is 0.273 e. The van der Waals surface area contributed by atoms with E-state index in [4.69, 9.17) is 9.47 Å². The molecular weight excluding hydrogens is 400 g/mol. The van der Waals surface area contributed by atoms with Gasteiger partial charge in [0.2, 0.25) is 0 Å². The van der Waals surface area contributed by atoms with Gasteiger partial charge in [0.25, 0.3) is 5.91 Å². The minimum Gasteiger partial charge on any atom is -0.489 e. The molecule has 32 heavy (non-hydrogen) atoms. The summed E-state index contributed by atoms with van der Waals surface area (Å²) in [5, 5.41) is 6.44. The molecule has 0 bridgehead atoms. The number of ether oxygens (including phenoxy) is 2. The van der Waals surface area contributed by atoms with E-state index in [0.717, 1.165) is 22.4 Å². The summed E-state index contributed by atoms with van der Waals surface area (Å²) in [6.07, 6.45) is 0.877. The van der Waals surface area contributed by atoms with E-state index >= 15 is 0 Å². The van der Waals surface area contributed by atoms with Gasteiger partial charge in [0, 0.05) is 7.11 Å². The van der Waals surface area contributed by atoms with Crippen molar-refractivity contribution in [2.75, 3.05) is 7.11 Å². The molecule has 4 aromatic rings. The summed E-state index contributed by atoms with van der Waals surface area (Å²) in [6.45, 7) is 0.489. The number of methoxy groups -OCH3 is 1. The fourth-order valence-corrected chi connectivity index (χ4v) is 3.48. The molecule has 160 valence electrons. The van der Waals surface area contributed by atoms with Gasteiger partial charge in [-0.1, -0.05) is 72.8 Å². The van der Waals surface area contributed by atoms with E-state index in [0.29, 0.717) is 6.61 Å². The van der Waals surface area contributed by atoms with Crippen molar-refractivity contribution in [3.05, 3.63) is 114 Å². The Morgan fingerprint density at radius 2 is 1.62 bits per heavy atom. The summed E-state index contributed by atoms with van der Waals surface area (Å²) in [6, 6.07) is 31.3. The van der Waals surface area contributed by atoms with Gasteiger partial charge in [-0.05, 0) is 51.7 Å². The highest BCUT2D eigenvalue weighted by Crippen LogP contribution is 2.21. The second-order valence-corrected chi connectivity index (χ2v) is 7.26. The summed E-state index contributed by atoms with van der Waals surface area (Å²) in [5.74, 6) is 0.438. The predicted molar refractivity (Wildman–Crippen MR) is 127 cm³/mol. The Hall–Kier alpha value is -3.96. The molecule has 0 aromatic heterocycles. The van der Waals surface area contributed by atoms with Crippen LogP contribution < -0.4 is 10.2 Å². The zero-order valence-corrected chi connectivity index (χ0v) is 17.8.